The number of rotatable bonds is 7. The third-order valence-electron chi connectivity index (χ3n) is 7.20. The van der Waals surface area contributed by atoms with E-state index in [1.54, 1.807) is 11.8 Å². The fraction of sp³-hybridized carbons (Fsp3) is 0.652. The number of hydrogen-bond acceptors (Lipinski definition) is 11. The molecule has 3 aliphatic heterocycles. The summed E-state index contributed by atoms with van der Waals surface area (Å²) in [6.07, 6.45) is -1.56. The molecule has 3 aliphatic rings. The molecule has 6 N–H and O–H groups in total. The topological polar surface area (TPSA) is 207 Å². The lowest BCUT2D eigenvalue weighted by atomic mass is 9.92. The minimum Gasteiger partial charge on any atom is -0.425 e. The molecule has 3 amide bonds. The number of likely N-dealkylation sites (N-methyl/N-ethyl adjacent to an activating group) is 1. The van der Waals surface area contributed by atoms with E-state index in [4.69, 9.17) is 15.2 Å². The van der Waals surface area contributed by atoms with Gasteiger partial charge in [-0.2, -0.15) is 0 Å². The molecule has 15 heteroatoms. The van der Waals surface area contributed by atoms with Gasteiger partial charge in [0.25, 0.3) is 5.91 Å². The molecule has 15 nitrogen and oxygen atoms in total. The number of nitrogens with zero attached hydrogens (tertiary/aromatic N) is 5. The average molecular weight is 533 g/mol. The standard InChI is InChI=1S/C23H32N8O7/c1-2-25-21(35)18-16(33)17(34)22(38-18)31-10-26-15-19(24)27-12(28-20(15)31)4-3-11-5-7-30(8-6-11)23(36)37-14-9-13(32)29-14/h10-11,14,16-18,22,33-34H,2-9H2,1H3,(H,25,35)(H,29,32)(H2,24,27,28)/t14?,16?,17?,18-,22+/m0/s1. The number of amides is 3. The van der Waals surface area contributed by atoms with Crippen LogP contribution in [0.1, 0.15) is 44.7 Å². The van der Waals surface area contributed by atoms with Crippen LogP contribution in [-0.4, -0.2) is 96.7 Å². The van der Waals surface area contributed by atoms with Crippen molar-refractivity contribution in [3.63, 3.8) is 0 Å². The van der Waals surface area contributed by atoms with Gasteiger partial charge in [-0.25, -0.2) is 19.7 Å². The molecule has 2 aromatic heterocycles. The number of piperidine rings is 1. The average Bonchev–Trinajstić information content (AvgIpc) is 3.43. The second kappa shape index (κ2) is 10.7. The van der Waals surface area contributed by atoms with Crippen LogP contribution in [0.25, 0.3) is 11.2 Å². The molecule has 0 saturated carbocycles. The van der Waals surface area contributed by atoms with Gasteiger partial charge in [-0.15, -0.1) is 0 Å². The Morgan fingerprint density at radius 2 is 2.00 bits per heavy atom. The van der Waals surface area contributed by atoms with Crippen LogP contribution in [0.3, 0.4) is 0 Å². The smallest absolute Gasteiger partial charge is 0.411 e. The van der Waals surface area contributed by atoms with Crippen LogP contribution in [0.4, 0.5) is 10.6 Å². The summed E-state index contributed by atoms with van der Waals surface area (Å²) in [7, 11) is 0. The highest BCUT2D eigenvalue weighted by molar-refractivity contribution is 5.84. The number of imidazole rings is 1. The SMILES string of the molecule is CCNC(=O)[C@H]1O[C@@H](n2cnc3c(N)nc(CCC4CCN(C(=O)OC5CC(=O)N5)CC4)nc32)C(O)C1O. The molecule has 0 radical (unpaired) electrons. The zero-order valence-corrected chi connectivity index (χ0v) is 20.9. The first kappa shape index (κ1) is 26.1. The van der Waals surface area contributed by atoms with E-state index < -0.39 is 42.8 Å². The summed E-state index contributed by atoms with van der Waals surface area (Å²) in [5.41, 5.74) is 6.81. The maximum Gasteiger partial charge on any atom is 0.411 e. The van der Waals surface area contributed by atoms with Gasteiger partial charge in [-0.3, -0.25) is 14.2 Å². The first-order valence-electron chi connectivity index (χ1n) is 12.8. The Morgan fingerprint density at radius 1 is 1.26 bits per heavy atom. The number of ether oxygens (including phenoxy) is 2. The van der Waals surface area contributed by atoms with E-state index in [2.05, 4.69) is 25.6 Å². The summed E-state index contributed by atoms with van der Waals surface area (Å²) in [4.78, 5) is 50.3. The maximum absolute atomic E-state index is 12.2. The molecule has 5 heterocycles. The number of likely N-dealkylation sites (tertiary alicyclic amines) is 1. The lowest BCUT2D eigenvalue weighted by Crippen LogP contribution is -2.53. The molecule has 2 aromatic rings. The third kappa shape index (κ3) is 5.08. The van der Waals surface area contributed by atoms with Crippen LogP contribution in [0.15, 0.2) is 6.33 Å². The number of aromatic nitrogens is 4. The molecule has 5 rings (SSSR count). The largest absolute Gasteiger partial charge is 0.425 e. The van der Waals surface area contributed by atoms with E-state index >= 15 is 0 Å². The minimum absolute atomic E-state index is 0.126. The number of fused-ring (bicyclic) bond motifs is 1. The predicted octanol–water partition coefficient (Wildman–Crippen LogP) is -1.21. The first-order valence-corrected chi connectivity index (χ1v) is 12.8. The van der Waals surface area contributed by atoms with E-state index in [0.717, 1.165) is 19.3 Å². The second-order valence-electron chi connectivity index (χ2n) is 9.79. The van der Waals surface area contributed by atoms with Gasteiger partial charge in [0.2, 0.25) is 5.91 Å². The lowest BCUT2D eigenvalue weighted by Gasteiger charge is -2.34. The Hall–Kier alpha value is -3.56. The quantitative estimate of drug-likeness (QED) is 0.267. The number of nitrogens with two attached hydrogens (primary N) is 1. The van der Waals surface area contributed by atoms with Gasteiger partial charge in [0.05, 0.1) is 12.7 Å². The van der Waals surface area contributed by atoms with Gasteiger partial charge in [-0.1, -0.05) is 0 Å². The van der Waals surface area contributed by atoms with Crippen molar-refractivity contribution < 1.29 is 34.1 Å². The molecule has 3 unspecified atom stereocenters. The summed E-state index contributed by atoms with van der Waals surface area (Å²) in [5, 5.41) is 26.1. The Morgan fingerprint density at radius 3 is 2.68 bits per heavy atom. The van der Waals surface area contributed by atoms with Crippen LogP contribution < -0.4 is 16.4 Å². The Bertz CT molecular complexity index is 1210. The number of hydrogen-bond donors (Lipinski definition) is 5. The van der Waals surface area contributed by atoms with E-state index in [1.807, 2.05) is 0 Å². The van der Waals surface area contributed by atoms with Crippen LogP contribution in [0, 0.1) is 5.92 Å². The zero-order valence-electron chi connectivity index (χ0n) is 20.9. The second-order valence-corrected chi connectivity index (χ2v) is 9.79. The molecule has 0 aromatic carbocycles. The summed E-state index contributed by atoms with van der Waals surface area (Å²) >= 11 is 0. The van der Waals surface area contributed by atoms with Gasteiger partial charge >= 0.3 is 6.09 Å². The molecule has 0 bridgehead atoms. The van der Waals surface area contributed by atoms with Crippen molar-refractivity contribution in [2.75, 3.05) is 25.4 Å². The minimum atomic E-state index is -1.42. The van der Waals surface area contributed by atoms with Gasteiger partial charge in [-0.05, 0) is 32.1 Å². The zero-order chi connectivity index (χ0) is 27.0. The van der Waals surface area contributed by atoms with Crippen molar-refractivity contribution in [2.24, 2.45) is 5.92 Å². The van der Waals surface area contributed by atoms with Crippen LogP contribution in [-0.2, 0) is 25.5 Å². The lowest BCUT2D eigenvalue weighted by molar-refractivity contribution is -0.138. The summed E-state index contributed by atoms with van der Waals surface area (Å²) in [6.45, 7) is 3.22. The maximum atomic E-state index is 12.2. The van der Waals surface area contributed by atoms with Crippen LogP contribution >= 0.6 is 0 Å². The summed E-state index contributed by atoms with van der Waals surface area (Å²) in [5.74, 6) is 0.375. The fourth-order valence-electron chi connectivity index (χ4n) is 5.00. The first-order chi connectivity index (χ1) is 18.2. The number of anilines is 1. The van der Waals surface area contributed by atoms with Gasteiger partial charge in [0.1, 0.15) is 23.5 Å². The number of aliphatic hydroxyl groups excluding tert-OH is 2. The summed E-state index contributed by atoms with van der Waals surface area (Å²) in [6, 6.07) is 0. The monoisotopic (exact) mass is 532 g/mol. The van der Waals surface area contributed by atoms with Crippen molar-refractivity contribution in [1.82, 2.24) is 35.1 Å². The molecular weight excluding hydrogens is 500 g/mol. The van der Waals surface area contributed by atoms with Crippen molar-refractivity contribution in [3.8, 4) is 0 Å². The molecule has 0 aliphatic carbocycles. The fourth-order valence-corrected chi connectivity index (χ4v) is 5.00. The van der Waals surface area contributed by atoms with Crippen molar-refractivity contribution in [2.45, 2.75) is 69.8 Å². The van der Waals surface area contributed by atoms with E-state index in [9.17, 15) is 24.6 Å². The van der Waals surface area contributed by atoms with Crippen molar-refractivity contribution in [1.29, 1.82) is 0 Å². The number of nitrogen functional groups attached to an aromatic ring is 1. The van der Waals surface area contributed by atoms with Crippen molar-refractivity contribution >= 4 is 34.9 Å². The Kier molecular flexibility index (Phi) is 7.32. The predicted molar refractivity (Wildman–Crippen MR) is 130 cm³/mol. The molecular formula is C23H32N8O7. The number of β-lactam (4-membered cyclic amide) rings is 1. The van der Waals surface area contributed by atoms with E-state index in [1.165, 1.54) is 10.9 Å². The van der Waals surface area contributed by atoms with Gasteiger partial charge in [0, 0.05) is 26.1 Å². The Balaban J connectivity index is 1.20. The van der Waals surface area contributed by atoms with Gasteiger partial charge in [0.15, 0.2) is 30.0 Å². The normalized spacial score (nSPS) is 27.7. The van der Waals surface area contributed by atoms with E-state index in [0.29, 0.717) is 49.0 Å². The highest BCUT2D eigenvalue weighted by Gasteiger charge is 2.47. The number of nitrogens with one attached hydrogen (secondary N) is 2. The molecule has 3 fully saturated rings. The molecule has 5 atom stereocenters. The highest BCUT2D eigenvalue weighted by atomic mass is 16.6. The molecule has 206 valence electrons. The number of aliphatic hydroxyl groups is 2. The van der Waals surface area contributed by atoms with Crippen LogP contribution in [0.2, 0.25) is 0 Å². The molecule has 38 heavy (non-hydrogen) atoms. The van der Waals surface area contributed by atoms with Gasteiger partial charge < -0.3 is 41.0 Å². The number of carbonyl (C=O) groups is 3. The van der Waals surface area contributed by atoms with Crippen molar-refractivity contribution in [3.05, 3.63) is 12.2 Å². The number of carbonyl (C=O) groups excluding carboxylic acids is 3. The third-order valence-corrected chi connectivity index (χ3v) is 7.20. The molecule has 0 spiro atoms. The van der Waals surface area contributed by atoms with Crippen LogP contribution in [0.5, 0.6) is 0 Å². The van der Waals surface area contributed by atoms with E-state index in [-0.39, 0.29) is 18.1 Å². The summed E-state index contributed by atoms with van der Waals surface area (Å²) < 4.78 is 12.4. The number of aryl methyl sites for hydroxylation is 1. The highest BCUT2D eigenvalue weighted by Crippen LogP contribution is 2.32. The Labute approximate surface area is 217 Å². The molecule has 3 saturated heterocycles.